The van der Waals surface area contributed by atoms with Gasteiger partial charge < -0.3 is 9.88 Å². The first-order chi connectivity index (χ1) is 8.63. The van der Waals surface area contributed by atoms with Crippen LogP contribution >= 0.6 is 0 Å². The van der Waals surface area contributed by atoms with Gasteiger partial charge in [0.2, 0.25) is 0 Å². The number of hydrogen-bond donors (Lipinski definition) is 1. The summed E-state index contributed by atoms with van der Waals surface area (Å²) in [6, 6.07) is 1.90. The molecule has 0 spiro atoms. The van der Waals surface area contributed by atoms with E-state index in [2.05, 4.69) is 19.2 Å². The van der Waals surface area contributed by atoms with Crippen molar-refractivity contribution in [3.63, 3.8) is 0 Å². The fourth-order valence-corrected chi connectivity index (χ4v) is 1.96. The van der Waals surface area contributed by atoms with Crippen molar-refractivity contribution in [2.45, 2.75) is 52.7 Å². The minimum absolute atomic E-state index is 0.226. The maximum absolute atomic E-state index is 11.9. The Morgan fingerprint density at radius 3 is 2.44 bits per heavy atom. The molecule has 0 aliphatic carbocycles. The molecule has 5 nitrogen and oxygen atoms in total. The van der Waals surface area contributed by atoms with E-state index in [1.54, 1.807) is 10.8 Å². The van der Waals surface area contributed by atoms with Crippen molar-refractivity contribution < 1.29 is 0 Å². The van der Waals surface area contributed by atoms with Gasteiger partial charge in [-0.1, -0.05) is 13.8 Å². The third kappa shape index (κ3) is 3.57. The summed E-state index contributed by atoms with van der Waals surface area (Å²) in [6.07, 6.45) is 3.66. The van der Waals surface area contributed by atoms with E-state index >= 15 is 0 Å². The topological polar surface area (TPSA) is 56.0 Å². The van der Waals surface area contributed by atoms with Gasteiger partial charge in [0.25, 0.3) is 5.56 Å². The second kappa shape index (κ2) is 7.16. The molecule has 18 heavy (non-hydrogen) atoms. The van der Waals surface area contributed by atoms with Gasteiger partial charge >= 0.3 is 5.69 Å². The molecule has 0 unspecified atom stereocenters. The molecule has 0 atom stereocenters. The van der Waals surface area contributed by atoms with Crippen molar-refractivity contribution >= 4 is 0 Å². The predicted molar refractivity (Wildman–Crippen MR) is 73.0 cm³/mol. The minimum Gasteiger partial charge on any atom is -0.312 e. The Labute approximate surface area is 107 Å². The number of hydrogen-bond acceptors (Lipinski definition) is 3. The summed E-state index contributed by atoms with van der Waals surface area (Å²) in [6.45, 7) is 7.79. The van der Waals surface area contributed by atoms with Gasteiger partial charge in [-0.25, -0.2) is 4.79 Å². The van der Waals surface area contributed by atoms with Crippen LogP contribution in [0.3, 0.4) is 0 Å². The second-order valence-corrected chi connectivity index (χ2v) is 4.34. The van der Waals surface area contributed by atoms with Crippen LogP contribution in [0.25, 0.3) is 0 Å². The highest BCUT2D eigenvalue weighted by Crippen LogP contribution is 1.94. The SMILES string of the molecule is CCC(CC)NCCn1c(=O)ccn(CC)c1=O. The molecule has 5 heteroatoms. The molecule has 0 saturated carbocycles. The van der Waals surface area contributed by atoms with Crippen molar-refractivity contribution in [3.8, 4) is 0 Å². The number of aromatic nitrogens is 2. The Balaban J connectivity index is 2.73. The van der Waals surface area contributed by atoms with Gasteiger partial charge in [-0.15, -0.1) is 0 Å². The summed E-state index contributed by atoms with van der Waals surface area (Å²) in [5.74, 6) is 0. The Morgan fingerprint density at radius 1 is 1.22 bits per heavy atom. The van der Waals surface area contributed by atoms with Gasteiger partial charge in [0.15, 0.2) is 0 Å². The maximum atomic E-state index is 11.9. The van der Waals surface area contributed by atoms with E-state index < -0.39 is 0 Å². The van der Waals surface area contributed by atoms with Crippen LogP contribution in [-0.2, 0) is 13.1 Å². The third-order valence-electron chi connectivity index (χ3n) is 3.23. The molecule has 0 bridgehead atoms. The molecule has 0 radical (unpaired) electrons. The lowest BCUT2D eigenvalue weighted by molar-refractivity contribution is 0.451. The molecule has 1 heterocycles. The van der Waals surface area contributed by atoms with Crippen LogP contribution in [0, 0.1) is 0 Å². The largest absolute Gasteiger partial charge is 0.330 e. The summed E-state index contributed by atoms with van der Waals surface area (Å²) in [7, 11) is 0. The van der Waals surface area contributed by atoms with E-state index in [-0.39, 0.29) is 11.2 Å². The average Bonchev–Trinajstić information content (AvgIpc) is 2.38. The van der Waals surface area contributed by atoms with Crippen molar-refractivity contribution in [1.82, 2.24) is 14.5 Å². The Morgan fingerprint density at radius 2 is 1.89 bits per heavy atom. The van der Waals surface area contributed by atoms with Crippen molar-refractivity contribution in [1.29, 1.82) is 0 Å². The molecule has 102 valence electrons. The summed E-state index contributed by atoms with van der Waals surface area (Å²) < 4.78 is 2.83. The fourth-order valence-electron chi connectivity index (χ4n) is 1.96. The van der Waals surface area contributed by atoms with Gasteiger partial charge in [0.05, 0.1) is 0 Å². The van der Waals surface area contributed by atoms with Crippen LogP contribution < -0.4 is 16.6 Å². The van der Waals surface area contributed by atoms with Gasteiger partial charge in [-0.2, -0.15) is 0 Å². The number of aryl methyl sites for hydroxylation is 1. The maximum Gasteiger partial charge on any atom is 0.330 e. The first kappa shape index (κ1) is 14.7. The lowest BCUT2D eigenvalue weighted by Crippen LogP contribution is -2.42. The highest BCUT2D eigenvalue weighted by atomic mass is 16.2. The molecule has 1 rings (SSSR count). The Hall–Kier alpha value is -1.36. The van der Waals surface area contributed by atoms with Crippen LogP contribution in [0.15, 0.2) is 21.9 Å². The molecule has 1 N–H and O–H groups in total. The second-order valence-electron chi connectivity index (χ2n) is 4.34. The monoisotopic (exact) mass is 253 g/mol. The molecule has 0 aromatic carbocycles. The quantitative estimate of drug-likeness (QED) is 0.782. The van der Waals surface area contributed by atoms with Gasteiger partial charge in [-0.3, -0.25) is 9.36 Å². The van der Waals surface area contributed by atoms with E-state index in [9.17, 15) is 9.59 Å². The predicted octanol–water partition coefficient (Wildman–Crippen LogP) is 0.808. The Kier molecular flexibility index (Phi) is 5.85. The van der Waals surface area contributed by atoms with E-state index in [1.807, 2.05) is 6.92 Å². The lowest BCUT2D eigenvalue weighted by Gasteiger charge is -2.15. The van der Waals surface area contributed by atoms with E-state index in [4.69, 9.17) is 0 Å². The number of nitrogens with zero attached hydrogens (tertiary/aromatic N) is 2. The molecular formula is C13H23N3O2. The van der Waals surface area contributed by atoms with Crippen LogP contribution in [-0.4, -0.2) is 21.7 Å². The van der Waals surface area contributed by atoms with Crippen molar-refractivity contribution in [2.24, 2.45) is 0 Å². The molecule has 1 aromatic rings. The zero-order valence-electron chi connectivity index (χ0n) is 11.5. The molecule has 0 aliphatic rings. The van der Waals surface area contributed by atoms with Gasteiger partial charge in [0.1, 0.15) is 0 Å². The number of nitrogens with one attached hydrogen (secondary N) is 1. The van der Waals surface area contributed by atoms with Crippen molar-refractivity contribution in [2.75, 3.05) is 6.54 Å². The van der Waals surface area contributed by atoms with E-state index in [0.717, 1.165) is 12.8 Å². The normalized spacial score (nSPS) is 11.1. The smallest absolute Gasteiger partial charge is 0.312 e. The summed E-state index contributed by atoms with van der Waals surface area (Å²) in [5, 5.41) is 3.35. The zero-order valence-corrected chi connectivity index (χ0v) is 11.5. The molecule has 1 aromatic heterocycles. The van der Waals surface area contributed by atoms with Crippen molar-refractivity contribution in [3.05, 3.63) is 33.1 Å². The van der Waals surface area contributed by atoms with Gasteiger partial charge in [0, 0.05) is 37.9 Å². The summed E-state index contributed by atoms with van der Waals surface area (Å²) >= 11 is 0. The molecular weight excluding hydrogens is 230 g/mol. The summed E-state index contributed by atoms with van der Waals surface area (Å²) in [4.78, 5) is 23.6. The first-order valence-corrected chi connectivity index (χ1v) is 6.67. The highest BCUT2D eigenvalue weighted by molar-refractivity contribution is 4.86. The fraction of sp³-hybridized carbons (Fsp3) is 0.692. The Bertz CT molecular complexity index is 472. The molecule has 0 amide bonds. The number of rotatable bonds is 7. The molecule has 0 fully saturated rings. The molecule has 0 saturated heterocycles. The van der Waals surface area contributed by atoms with Gasteiger partial charge in [-0.05, 0) is 19.8 Å². The minimum atomic E-state index is -0.226. The first-order valence-electron chi connectivity index (χ1n) is 6.67. The third-order valence-corrected chi connectivity index (χ3v) is 3.23. The van der Waals surface area contributed by atoms with Crippen LogP contribution in [0.1, 0.15) is 33.6 Å². The lowest BCUT2D eigenvalue weighted by atomic mass is 10.2. The average molecular weight is 253 g/mol. The summed E-state index contributed by atoms with van der Waals surface area (Å²) in [5.41, 5.74) is -0.451. The van der Waals surface area contributed by atoms with E-state index in [0.29, 0.717) is 25.7 Å². The van der Waals surface area contributed by atoms with Crippen LogP contribution in [0.5, 0.6) is 0 Å². The van der Waals surface area contributed by atoms with Crippen LogP contribution in [0.2, 0.25) is 0 Å². The standard InChI is InChI=1S/C13H23N3O2/c1-4-11(5-2)14-8-10-16-12(17)7-9-15(6-3)13(16)18/h7,9,11,14H,4-6,8,10H2,1-3H3. The van der Waals surface area contributed by atoms with E-state index in [1.165, 1.54) is 10.6 Å². The molecule has 0 aliphatic heterocycles. The highest BCUT2D eigenvalue weighted by Gasteiger charge is 2.05. The van der Waals surface area contributed by atoms with Crippen LogP contribution in [0.4, 0.5) is 0 Å². The zero-order chi connectivity index (χ0) is 13.5.